The van der Waals surface area contributed by atoms with Crippen LogP contribution in [0.4, 0.5) is 0 Å². The van der Waals surface area contributed by atoms with Crippen molar-refractivity contribution in [3.05, 3.63) is 23.9 Å². The van der Waals surface area contributed by atoms with E-state index >= 15 is 0 Å². The standard InChI is InChI=1S/C8H16GeN/c1-10(2,7-9)8-5-3-4-6-8/h3-5H,6-7H2,1-2,9H3/q+1. The molecule has 0 aromatic rings. The molecule has 10 heavy (non-hydrogen) atoms. The Labute approximate surface area is 71.2 Å². The van der Waals surface area contributed by atoms with Crippen molar-refractivity contribution in [2.45, 2.75) is 6.42 Å². The van der Waals surface area contributed by atoms with Gasteiger partial charge >= 0.3 is 70.8 Å². The van der Waals surface area contributed by atoms with Crippen molar-refractivity contribution in [3.8, 4) is 0 Å². The molecule has 1 aliphatic carbocycles. The maximum atomic E-state index is 2.30. The first-order valence-electron chi connectivity index (χ1n) is 3.86. The Morgan fingerprint density at radius 1 is 1.60 bits per heavy atom. The fraction of sp³-hybridized carbons (Fsp3) is 0.500. The SMILES string of the molecule is C[N+](C)([CH2][GeH3])C1=CC=CC1. The van der Waals surface area contributed by atoms with E-state index in [4.69, 9.17) is 0 Å². The molecule has 0 radical (unpaired) electrons. The maximum absolute atomic E-state index is 2.30. The molecule has 0 aliphatic heterocycles. The van der Waals surface area contributed by atoms with Crippen LogP contribution in [0.15, 0.2) is 23.9 Å². The van der Waals surface area contributed by atoms with Crippen LogP contribution in [0.25, 0.3) is 0 Å². The molecule has 1 rings (SSSR count). The summed E-state index contributed by atoms with van der Waals surface area (Å²) in [5.74, 6) is 0. The van der Waals surface area contributed by atoms with E-state index in [-0.39, 0.29) is 0 Å². The quantitative estimate of drug-likeness (QED) is 0.441. The van der Waals surface area contributed by atoms with E-state index in [0.717, 1.165) is 21.0 Å². The summed E-state index contributed by atoms with van der Waals surface area (Å²) >= 11 is 0.958. The van der Waals surface area contributed by atoms with Crippen molar-refractivity contribution < 1.29 is 4.48 Å². The van der Waals surface area contributed by atoms with Gasteiger partial charge in [0, 0.05) is 0 Å². The Hall–Kier alpha value is -0.0171. The molecule has 0 saturated carbocycles. The van der Waals surface area contributed by atoms with Crippen LogP contribution in [-0.4, -0.2) is 40.5 Å². The number of hydrogen-bond donors (Lipinski definition) is 0. The zero-order valence-electron chi connectivity index (χ0n) is 7.09. The summed E-state index contributed by atoms with van der Waals surface area (Å²) in [7, 11) is 4.59. The molecule has 0 heterocycles. The van der Waals surface area contributed by atoms with Crippen LogP contribution in [0.5, 0.6) is 0 Å². The average molecular weight is 199 g/mol. The van der Waals surface area contributed by atoms with Crippen LogP contribution in [0.1, 0.15) is 6.42 Å². The molecule has 0 spiro atoms. The first kappa shape index (κ1) is 8.08. The van der Waals surface area contributed by atoms with Crippen molar-refractivity contribution in [3.63, 3.8) is 0 Å². The number of quaternary nitrogens is 1. The summed E-state index contributed by atoms with van der Waals surface area (Å²) in [6.45, 7) is 0. The monoisotopic (exact) mass is 200 g/mol. The fourth-order valence-corrected chi connectivity index (χ4v) is 1.94. The van der Waals surface area contributed by atoms with Crippen LogP contribution >= 0.6 is 0 Å². The minimum atomic E-state index is 0.958. The zero-order chi connectivity index (χ0) is 7.61. The summed E-state index contributed by atoms with van der Waals surface area (Å²) in [4.78, 5) is 0. The van der Waals surface area contributed by atoms with Crippen LogP contribution in [0.3, 0.4) is 0 Å². The summed E-state index contributed by atoms with van der Waals surface area (Å²) in [5, 5.41) is 1.36. The van der Waals surface area contributed by atoms with Crippen LogP contribution in [0.2, 0.25) is 0 Å². The number of allylic oxidation sites excluding steroid dienone is 3. The molecule has 0 amide bonds. The Morgan fingerprint density at radius 2 is 2.30 bits per heavy atom. The molecule has 0 N–H and O–H groups in total. The summed E-state index contributed by atoms with van der Waals surface area (Å²) in [5.41, 5.74) is 1.56. The van der Waals surface area contributed by atoms with E-state index in [1.54, 1.807) is 5.70 Å². The molecule has 0 saturated heterocycles. The summed E-state index contributed by atoms with van der Waals surface area (Å²) < 4.78 is 1.12. The second kappa shape index (κ2) is 2.93. The zero-order valence-corrected chi connectivity index (χ0v) is 11.3. The van der Waals surface area contributed by atoms with Gasteiger partial charge in [0.1, 0.15) is 0 Å². The van der Waals surface area contributed by atoms with Gasteiger partial charge in [-0.1, -0.05) is 0 Å². The Morgan fingerprint density at radius 3 is 2.70 bits per heavy atom. The van der Waals surface area contributed by atoms with E-state index < -0.39 is 0 Å². The predicted molar refractivity (Wildman–Crippen MR) is 48.8 cm³/mol. The van der Waals surface area contributed by atoms with Gasteiger partial charge < -0.3 is 0 Å². The van der Waals surface area contributed by atoms with E-state index in [0.29, 0.717) is 0 Å². The van der Waals surface area contributed by atoms with E-state index in [2.05, 4.69) is 32.3 Å². The first-order valence-corrected chi connectivity index (χ1v) is 6.83. The average Bonchev–Trinajstić information content (AvgIpc) is 2.38. The third-order valence-electron chi connectivity index (χ3n) is 2.32. The van der Waals surface area contributed by atoms with Gasteiger partial charge in [-0.15, -0.1) is 0 Å². The minimum absolute atomic E-state index is 0.958. The molecule has 1 nitrogen and oxygen atoms in total. The van der Waals surface area contributed by atoms with Gasteiger partial charge in [0.2, 0.25) is 0 Å². The molecule has 0 aromatic heterocycles. The third kappa shape index (κ3) is 1.52. The van der Waals surface area contributed by atoms with Crippen LogP contribution < -0.4 is 0 Å². The molecule has 0 aromatic carbocycles. The van der Waals surface area contributed by atoms with Crippen molar-refractivity contribution in [1.82, 2.24) is 0 Å². The fourth-order valence-electron chi connectivity index (χ4n) is 1.09. The summed E-state index contributed by atoms with van der Waals surface area (Å²) in [6.07, 6.45) is 7.82. The van der Waals surface area contributed by atoms with Crippen molar-refractivity contribution in [2.75, 3.05) is 19.5 Å². The third-order valence-corrected chi connectivity index (χ3v) is 5.64. The van der Waals surface area contributed by atoms with Crippen LogP contribution in [0, 0.1) is 0 Å². The van der Waals surface area contributed by atoms with Gasteiger partial charge in [0.25, 0.3) is 0 Å². The normalized spacial score (nSPS) is 18.0. The van der Waals surface area contributed by atoms with Crippen LogP contribution in [-0.2, 0) is 0 Å². The van der Waals surface area contributed by atoms with Gasteiger partial charge in [-0.25, -0.2) is 0 Å². The Balaban J connectivity index is 2.65. The van der Waals surface area contributed by atoms with E-state index in [1.165, 1.54) is 11.8 Å². The molecule has 0 bridgehead atoms. The van der Waals surface area contributed by atoms with Gasteiger partial charge in [-0.3, -0.25) is 0 Å². The summed E-state index contributed by atoms with van der Waals surface area (Å²) in [6, 6.07) is 0. The molecular formula is C8H16GeN+. The predicted octanol–water partition coefficient (Wildman–Crippen LogP) is 0.229. The van der Waals surface area contributed by atoms with E-state index in [9.17, 15) is 0 Å². The number of hydrogen-bond acceptors (Lipinski definition) is 0. The molecule has 1 aliphatic rings. The van der Waals surface area contributed by atoms with Crippen molar-refractivity contribution >= 4 is 16.5 Å². The molecular weight excluding hydrogens is 183 g/mol. The Kier molecular flexibility index (Phi) is 2.37. The Bertz CT molecular complexity index is 180. The van der Waals surface area contributed by atoms with Crippen molar-refractivity contribution in [1.29, 1.82) is 0 Å². The van der Waals surface area contributed by atoms with Gasteiger partial charge in [0.05, 0.1) is 0 Å². The van der Waals surface area contributed by atoms with Gasteiger partial charge in [-0.2, -0.15) is 0 Å². The van der Waals surface area contributed by atoms with Gasteiger partial charge in [0.15, 0.2) is 0 Å². The molecule has 2 heteroatoms. The molecule has 0 atom stereocenters. The molecule has 0 fully saturated rings. The van der Waals surface area contributed by atoms with Gasteiger partial charge in [-0.05, 0) is 0 Å². The molecule has 56 valence electrons. The first-order chi connectivity index (χ1) is 4.67. The number of nitrogens with zero attached hydrogens (tertiary/aromatic N) is 1. The number of rotatable bonds is 2. The van der Waals surface area contributed by atoms with Crippen molar-refractivity contribution in [2.24, 2.45) is 0 Å². The second-order valence-corrected chi connectivity index (χ2v) is 4.62. The second-order valence-electron chi connectivity index (χ2n) is 3.29. The molecule has 0 unspecified atom stereocenters. The van der Waals surface area contributed by atoms with E-state index in [1.807, 2.05) is 0 Å². The topological polar surface area (TPSA) is 0 Å².